The highest BCUT2D eigenvalue weighted by atomic mass is 32.2. The molecular weight excluding hydrogens is 276 g/mol. The number of benzene rings is 1. The molecule has 6 heteroatoms. The second-order valence-electron chi connectivity index (χ2n) is 4.56. The molecule has 1 atom stereocenters. The van der Waals surface area contributed by atoms with Gasteiger partial charge < -0.3 is 20.5 Å². The molecule has 1 amide bonds. The number of thioether (sulfide) groups is 1. The third-order valence-corrected chi connectivity index (χ3v) is 3.78. The number of rotatable bonds is 7. The molecule has 0 saturated carbocycles. The second kappa shape index (κ2) is 7.89. The summed E-state index contributed by atoms with van der Waals surface area (Å²) in [6.07, 6.45) is 2.04. The van der Waals surface area contributed by atoms with Crippen LogP contribution in [0.1, 0.15) is 17.3 Å². The largest absolute Gasteiger partial charge is 0.497 e. The van der Waals surface area contributed by atoms with Crippen molar-refractivity contribution >= 4 is 23.4 Å². The van der Waals surface area contributed by atoms with Crippen molar-refractivity contribution < 1.29 is 14.3 Å². The first kappa shape index (κ1) is 16.5. The third-order valence-electron chi connectivity index (χ3n) is 2.88. The van der Waals surface area contributed by atoms with E-state index in [2.05, 4.69) is 12.2 Å². The molecule has 0 aliphatic carbocycles. The number of methoxy groups -OCH3 is 2. The molecular formula is C14H22N2O3S. The molecule has 112 valence electrons. The third kappa shape index (κ3) is 4.23. The highest BCUT2D eigenvalue weighted by Gasteiger charge is 2.16. The van der Waals surface area contributed by atoms with E-state index in [0.717, 1.165) is 5.75 Å². The summed E-state index contributed by atoms with van der Waals surface area (Å²) in [4.78, 5) is 12.2. The Morgan fingerprint density at radius 2 is 2.10 bits per heavy atom. The van der Waals surface area contributed by atoms with Crippen LogP contribution in [0.5, 0.6) is 11.5 Å². The fourth-order valence-corrected chi connectivity index (χ4v) is 2.47. The topological polar surface area (TPSA) is 73.6 Å². The van der Waals surface area contributed by atoms with Crippen molar-refractivity contribution in [2.45, 2.75) is 6.92 Å². The number of nitrogen functional groups attached to an aromatic ring is 1. The van der Waals surface area contributed by atoms with Crippen LogP contribution < -0.4 is 20.5 Å². The Balaban J connectivity index is 2.86. The van der Waals surface area contributed by atoms with Gasteiger partial charge in [-0.3, -0.25) is 4.79 Å². The van der Waals surface area contributed by atoms with E-state index >= 15 is 0 Å². The van der Waals surface area contributed by atoms with E-state index in [9.17, 15) is 4.79 Å². The van der Waals surface area contributed by atoms with Gasteiger partial charge in [-0.2, -0.15) is 11.8 Å². The molecule has 20 heavy (non-hydrogen) atoms. The van der Waals surface area contributed by atoms with E-state index in [1.54, 1.807) is 23.9 Å². The molecule has 1 aromatic carbocycles. The van der Waals surface area contributed by atoms with Gasteiger partial charge in [0.15, 0.2) is 0 Å². The zero-order valence-corrected chi connectivity index (χ0v) is 13.2. The Kier molecular flexibility index (Phi) is 6.51. The molecule has 1 rings (SSSR count). The normalized spacial score (nSPS) is 11.8. The van der Waals surface area contributed by atoms with Crippen molar-refractivity contribution in [1.82, 2.24) is 5.32 Å². The molecule has 0 bridgehead atoms. The lowest BCUT2D eigenvalue weighted by Gasteiger charge is -2.14. The number of hydrogen-bond acceptors (Lipinski definition) is 5. The maximum atomic E-state index is 12.2. The highest BCUT2D eigenvalue weighted by Crippen LogP contribution is 2.30. The Labute approximate surface area is 124 Å². The molecule has 3 N–H and O–H groups in total. The van der Waals surface area contributed by atoms with Gasteiger partial charge >= 0.3 is 0 Å². The zero-order valence-electron chi connectivity index (χ0n) is 12.4. The van der Waals surface area contributed by atoms with E-state index in [1.165, 1.54) is 14.2 Å². The molecule has 0 heterocycles. The first-order valence-electron chi connectivity index (χ1n) is 6.32. The van der Waals surface area contributed by atoms with Crippen molar-refractivity contribution in [2.75, 3.05) is 38.5 Å². The van der Waals surface area contributed by atoms with Crippen LogP contribution in [0, 0.1) is 5.92 Å². The van der Waals surface area contributed by atoms with E-state index < -0.39 is 0 Å². The molecule has 0 aliphatic rings. The SMILES string of the molecule is COc1cc(OC)c(N)c(C(=O)NCC(C)CSC)c1. The van der Waals surface area contributed by atoms with E-state index in [0.29, 0.717) is 35.2 Å². The van der Waals surface area contributed by atoms with Gasteiger partial charge in [0, 0.05) is 12.6 Å². The van der Waals surface area contributed by atoms with E-state index in [-0.39, 0.29) is 5.91 Å². The van der Waals surface area contributed by atoms with Gasteiger partial charge in [0.05, 0.1) is 25.5 Å². The van der Waals surface area contributed by atoms with Crippen molar-refractivity contribution in [2.24, 2.45) is 5.92 Å². The van der Waals surface area contributed by atoms with Crippen LogP contribution >= 0.6 is 11.8 Å². The minimum Gasteiger partial charge on any atom is -0.497 e. The number of hydrogen-bond donors (Lipinski definition) is 2. The fourth-order valence-electron chi connectivity index (χ4n) is 1.78. The summed E-state index contributed by atoms with van der Waals surface area (Å²) in [7, 11) is 3.04. The predicted octanol–water partition coefficient (Wildman–Crippen LogP) is 2.01. The number of amides is 1. The molecule has 5 nitrogen and oxygen atoms in total. The van der Waals surface area contributed by atoms with Gasteiger partial charge in [-0.05, 0) is 24.0 Å². The van der Waals surface area contributed by atoms with E-state index in [1.807, 2.05) is 6.26 Å². The maximum Gasteiger partial charge on any atom is 0.253 e. The van der Waals surface area contributed by atoms with Crippen LogP contribution in [0.15, 0.2) is 12.1 Å². The number of carbonyl (C=O) groups excluding carboxylic acids is 1. The quantitative estimate of drug-likeness (QED) is 0.753. The number of carbonyl (C=O) groups is 1. The summed E-state index contributed by atoms with van der Waals surface area (Å²) in [5, 5.41) is 2.88. The van der Waals surface area contributed by atoms with Crippen LogP contribution in [-0.4, -0.2) is 38.7 Å². The zero-order chi connectivity index (χ0) is 15.1. The summed E-state index contributed by atoms with van der Waals surface area (Å²) >= 11 is 1.76. The van der Waals surface area contributed by atoms with Gasteiger partial charge in [-0.1, -0.05) is 6.92 Å². The van der Waals surface area contributed by atoms with Crippen LogP contribution in [-0.2, 0) is 0 Å². The number of nitrogens with two attached hydrogens (primary N) is 1. The lowest BCUT2D eigenvalue weighted by Crippen LogP contribution is -2.29. The van der Waals surface area contributed by atoms with Crippen LogP contribution in [0.4, 0.5) is 5.69 Å². The maximum absolute atomic E-state index is 12.2. The van der Waals surface area contributed by atoms with Crippen molar-refractivity contribution in [1.29, 1.82) is 0 Å². The highest BCUT2D eigenvalue weighted by molar-refractivity contribution is 7.98. The molecule has 0 saturated heterocycles. The lowest BCUT2D eigenvalue weighted by atomic mass is 10.1. The van der Waals surface area contributed by atoms with Crippen LogP contribution in [0.3, 0.4) is 0 Å². The monoisotopic (exact) mass is 298 g/mol. The molecule has 0 spiro atoms. The Bertz CT molecular complexity index is 466. The van der Waals surface area contributed by atoms with Crippen LogP contribution in [0.25, 0.3) is 0 Å². The number of anilines is 1. The van der Waals surface area contributed by atoms with Gasteiger partial charge in [0.2, 0.25) is 0 Å². The van der Waals surface area contributed by atoms with Gasteiger partial charge in [0.25, 0.3) is 5.91 Å². The van der Waals surface area contributed by atoms with E-state index in [4.69, 9.17) is 15.2 Å². The van der Waals surface area contributed by atoms with Crippen molar-refractivity contribution in [3.63, 3.8) is 0 Å². The first-order valence-corrected chi connectivity index (χ1v) is 7.71. The summed E-state index contributed by atoms with van der Waals surface area (Å²) in [6.45, 7) is 2.70. The summed E-state index contributed by atoms with van der Waals surface area (Å²) < 4.78 is 10.3. The first-order chi connectivity index (χ1) is 9.53. The summed E-state index contributed by atoms with van der Waals surface area (Å²) in [6, 6.07) is 3.27. The molecule has 0 radical (unpaired) electrons. The fraction of sp³-hybridized carbons (Fsp3) is 0.500. The predicted molar refractivity (Wildman–Crippen MR) is 83.8 cm³/mol. The van der Waals surface area contributed by atoms with Crippen molar-refractivity contribution in [3.8, 4) is 11.5 Å². The molecule has 0 aromatic heterocycles. The number of nitrogens with one attached hydrogen (secondary N) is 1. The minimum atomic E-state index is -0.215. The standard InChI is InChI=1S/C14H22N2O3S/c1-9(8-20-4)7-16-14(17)11-5-10(18-2)6-12(19-3)13(11)15/h5-6,9H,7-8,15H2,1-4H3,(H,16,17). The second-order valence-corrected chi connectivity index (χ2v) is 5.47. The summed E-state index contributed by atoms with van der Waals surface area (Å²) in [5.74, 6) is 2.16. The number of ether oxygens (including phenoxy) is 2. The van der Waals surface area contributed by atoms with Gasteiger partial charge in [0.1, 0.15) is 11.5 Å². The average molecular weight is 298 g/mol. The lowest BCUT2D eigenvalue weighted by molar-refractivity contribution is 0.0949. The smallest absolute Gasteiger partial charge is 0.253 e. The average Bonchev–Trinajstić information content (AvgIpc) is 2.45. The van der Waals surface area contributed by atoms with Crippen molar-refractivity contribution in [3.05, 3.63) is 17.7 Å². The van der Waals surface area contributed by atoms with Gasteiger partial charge in [-0.25, -0.2) is 0 Å². The van der Waals surface area contributed by atoms with Crippen LogP contribution in [0.2, 0.25) is 0 Å². The summed E-state index contributed by atoms with van der Waals surface area (Å²) in [5.41, 5.74) is 6.63. The Hall–Kier alpha value is -1.56. The van der Waals surface area contributed by atoms with Gasteiger partial charge in [-0.15, -0.1) is 0 Å². The molecule has 1 unspecified atom stereocenters. The molecule has 1 aromatic rings. The molecule has 0 aliphatic heterocycles. The Morgan fingerprint density at radius 1 is 1.40 bits per heavy atom. The Morgan fingerprint density at radius 3 is 2.65 bits per heavy atom. The minimum absolute atomic E-state index is 0.215. The molecule has 0 fully saturated rings.